The second kappa shape index (κ2) is 6.25. The lowest BCUT2D eigenvalue weighted by Crippen LogP contribution is -2.23. The van der Waals surface area contributed by atoms with Crippen LogP contribution in [0.2, 0.25) is 0 Å². The van der Waals surface area contributed by atoms with Gasteiger partial charge in [0.05, 0.1) is 5.69 Å². The van der Waals surface area contributed by atoms with Gasteiger partial charge < -0.3 is 11.1 Å². The maximum Gasteiger partial charge on any atom is 0.227 e. The van der Waals surface area contributed by atoms with Crippen LogP contribution in [-0.4, -0.2) is 11.9 Å². The Morgan fingerprint density at radius 3 is 2.37 bits per heavy atom. The van der Waals surface area contributed by atoms with Crippen LogP contribution in [0.3, 0.4) is 0 Å². The molecule has 0 saturated heterocycles. The maximum absolute atomic E-state index is 13.3. The summed E-state index contributed by atoms with van der Waals surface area (Å²) in [6.07, 6.45) is 1.88. The number of hydrogen-bond acceptors (Lipinski definition) is 2. The van der Waals surface area contributed by atoms with E-state index in [1.165, 1.54) is 0 Å². The third-order valence-electron chi connectivity index (χ3n) is 3.11. The molecule has 3 nitrogen and oxygen atoms in total. The lowest BCUT2D eigenvalue weighted by molar-refractivity contribution is -0.119. The van der Waals surface area contributed by atoms with Crippen LogP contribution in [-0.2, 0) is 4.79 Å². The number of anilines is 1. The zero-order valence-corrected chi connectivity index (χ0v) is 10.8. The fourth-order valence-corrected chi connectivity index (χ4v) is 2.11. The van der Waals surface area contributed by atoms with Gasteiger partial charge in [-0.15, -0.1) is 12.4 Å². The molecular formula is C12H14ClF3N2O. The van der Waals surface area contributed by atoms with Crippen LogP contribution in [0.1, 0.15) is 19.3 Å². The van der Waals surface area contributed by atoms with Gasteiger partial charge in [0.1, 0.15) is 5.82 Å². The van der Waals surface area contributed by atoms with E-state index in [9.17, 15) is 18.0 Å². The van der Waals surface area contributed by atoms with Gasteiger partial charge in [0.25, 0.3) is 0 Å². The van der Waals surface area contributed by atoms with Gasteiger partial charge in [-0.2, -0.15) is 0 Å². The van der Waals surface area contributed by atoms with E-state index in [0.717, 1.165) is 6.42 Å². The van der Waals surface area contributed by atoms with E-state index in [1.807, 2.05) is 0 Å². The monoisotopic (exact) mass is 294 g/mol. The fraction of sp³-hybridized carbons (Fsp3) is 0.417. The number of halogens is 4. The van der Waals surface area contributed by atoms with E-state index in [0.29, 0.717) is 25.0 Å². The maximum atomic E-state index is 13.3. The summed E-state index contributed by atoms with van der Waals surface area (Å²) in [5.41, 5.74) is 5.32. The van der Waals surface area contributed by atoms with E-state index in [4.69, 9.17) is 5.73 Å². The van der Waals surface area contributed by atoms with E-state index in [1.54, 1.807) is 0 Å². The van der Waals surface area contributed by atoms with E-state index in [-0.39, 0.29) is 30.1 Å². The van der Waals surface area contributed by atoms with Crippen molar-refractivity contribution in [2.45, 2.75) is 25.3 Å². The smallest absolute Gasteiger partial charge is 0.227 e. The molecule has 106 valence electrons. The minimum atomic E-state index is -1.28. The number of amides is 1. The molecule has 0 aromatic heterocycles. The number of carbonyl (C=O) groups excluding carboxylic acids is 1. The Morgan fingerprint density at radius 2 is 1.79 bits per heavy atom. The highest BCUT2D eigenvalue weighted by molar-refractivity contribution is 5.92. The van der Waals surface area contributed by atoms with Crippen molar-refractivity contribution in [3.05, 3.63) is 29.6 Å². The number of nitrogens with two attached hydrogens (primary N) is 1. The highest BCUT2D eigenvalue weighted by Crippen LogP contribution is 2.26. The van der Waals surface area contributed by atoms with Gasteiger partial charge in [-0.25, -0.2) is 13.2 Å². The number of rotatable bonds is 2. The van der Waals surface area contributed by atoms with Crippen molar-refractivity contribution in [3.8, 4) is 0 Å². The van der Waals surface area contributed by atoms with Crippen LogP contribution < -0.4 is 11.1 Å². The SMILES string of the molecule is Cl.NC1CCC(C(=O)Nc2cc(F)c(F)cc2F)C1. The Balaban J connectivity index is 0.00000180. The van der Waals surface area contributed by atoms with Crippen LogP contribution in [0.5, 0.6) is 0 Å². The molecule has 1 amide bonds. The van der Waals surface area contributed by atoms with Crippen LogP contribution in [0.15, 0.2) is 12.1 Å². The highest BCUT2D eigenvalue weighted by atomic mass is 35.5. The first-order chi connectivity index (χ1) is 8.47. The van der Waals surface area contributed by atoms with Crippen molar-refractivity contribution in [1.82, 2.24) is 0 Å². The Labute approximate surface area is 114 Å². The molecule has 0 bridgehead atoms. The summed E-state index contributed by atoms with van der Waals surface area (Å²) in [5.74, 6) is -4.19. The fourth-order valence-electron chi connectivity index (χ4n) is 2.11. The van der Waals surface area contributed by atoms with E-state index >= 15 is 0 Å². The number of carbonyl (C=O) groups is 1. The van der Waals surface area contributed by atoms with E-state index in [2.05, 4.69) is 5.32 Å². The Bertz CT molecular complexity index is 484. The number of benzene rings is 1. The first kappa shape index (κ1) is 15.8. The molecule has 1 aliphatic carbocycles. The molecule has 1 aromatic carbocycles. The normalized spacial score (nSPS) is 21.9. The van der Waals surface area contributed by atoms with Crippen molar-refractivity contribution >= 4 is 24.0 Å². The van der Waals surface area contributed by atoms with Gasteiger partial charge in [0.2, 0.25) is 5.91 Å². The summed E-state index contributed by atoms with van der Waals surface area (Å²) in [5, 5.41) is 2.26. The molecule has 3 N–H and O–H groups in total. The van der Waals surface area contributed by atoms with Crippen molar-refractivity contribution in [3.63, 3.8) is 0 Å². The average Bonchev–Trinajstić information content (AvgIpc) is 2.73. The second-order valence-corrected chi connectivity index (χ2v) is 4.51. The minimum Gasteiger partial charge on any atom is -0.328 e. The Kier molecular flexibility index (Phi) is 5.20. The van der Waals surface area contributed by atoms with Crippen molar-refractivity contribution in [2.75, 3.05) is 5.32 Å². The third-order valence-corrected chi connectivity index (χ3v) is 3.11. The molecule has 2 atom stereocenters. The number of nitrogens with one attached hydrogen (secondary N) is 1. The molecule has 0 aliphatic heterocycles. The topological polar surface area (TPSA) is 55.1 Å². The molecule has 1 saturated carbocycles. The lowest BCUT2D eigenvalue weighted by atomic mass is 10.1. The summed E-state index contributed by atoms with van der Waals surface area (Å²) in [4.78, 5) is 11.8. The van der Waals surface area contributed by atoms with Crippen molar-refractivity contribution in [1.29, 1.82) is 0 Å². The quantitative estimate of drug-likeness (QED) is 0.824. The molecule has 1 aromatic rings. The summed E-state index contributed by atoms with van der Waals surface area (Å²) in [6.45, 7) is 0. The van der Waals surface area contributed by atoms with Crippen molar-refractivity contribution in [2.24, 2.45) is 11.7 Å². The third kappa shape index (κ3) is 3.61. The van der Waals surface area contributed by atoms with Gasteiger partial charge in [-0.1, -0.05) is 0 Å². The number of hydrogen-bond donors (Lipinski definition) is 2. The molecule has 19 heavy (non-hydrogen) atoms. The Morgan fingerprint density at radius 1 is 1.16 bits per heavy atom. The predicted molar refractivity (Wildman–Crippen MR) is 67.5 cm³/mol. The van der Waals surface area contributed by atoms with Crippen LogP contribution in [0.25, 0.3) is 0 Å². The van der Waals surface area contributed by atoms with Gasteiger partial charge in [0, 0.05) is 24.1 Å². The largest absolute Gasteiger partial charge is 0.328 e. The van der Waals surface area contributed by atoms with Crippen LogP contribution in [0.4, 0.5) is 18.9 Å². The van der Waals surface area contributed by atoms with Gasteiger partial charge >= 0.3 is 0 Å². The average molecular weight is 295 g/mol. The van der Waals surface area contributed by atoms with Gasteiger partial charge in [-0.05, 0) is 19.3 Å². The van der Waals surface area contributed by atoms with Crippen molar-refractivity contribution < 1.29 is 18.0 Å². The summed E-state index contributed by atoms with van der Waals surface area (Å²) in [7, 11) is 0. The summed E-state index contributed by atoms with van der Waals surface area (Å²) in [6, 6.07) is 1.01. The molecular weight excluding hydrogens is 281 g/mol. The molecule has 1 aliphatic rings. The molecule has 2 unspecified atom stereocenters. The van der Waals surface area contributed by atoms with E-state index < -0.39 is 23.4 Å². The second-order valence-electron chi connectivity index (χ2n) is 4.51. The van der Waals surface area contributed by atoms with Gasteiger partial charge in [0.15, 0.2) is 11.6 Å². The molecule has 2 rings (SSSR count). The standard InChI is InChI=1S/C12H13F3N2O.ClH/c13-8-4-10(15)11(5-9(8)14)17-12(18)6-1-2-7(16)3-6;/h4-7H,1-3,16H2,(H,17,18);1H. The Hall–Kier alpha value is -1.27. The van der Waals surface area contributed by atoms with Crippen LogP contribution >= 0.6 is 12.4 Å². The molecule has 0 heterocycles. The zero-order chi connectivity index (χ0) is 13.3. The molecule has 7 heteroatoms. The highest BCUT2D eigenvalue weighted by Gasteiger charge is 2.28. The molecule has 0 spiro atoms. The molecule has 0 radical (unpaired) electrons. The van der Waals surface area contributed by atoms with Gasteiger partial charge in [-0.3, -0.25) is 4.79 Å². The first-order valence-electron chi connectivity index (χ1n) is 5.68. The zero-order valence-electron chi connectivity index (χ0n) is 9.96. The lowest BCUT2D eigenvalue weighted by Gasteiger charge is -2.11. The van der Waals surface area contributed by atoms with Crippen LogP contribution in [0, 0.1) is 23.4 Å². The summed E-state index contributed by atoms with van der Waals surface area (Å²) < 4.78 is 38.9. The molecule has 1 fully saturated rings. The minimum absolute atomic E-state index is 0. The predicted octanol–water partition coefficient (Wildman–Crippen LogP) is 2.59. The first-order valence-corrected chi connectivity index (χ1v) is 5.68. The summed E-state index contributed by atoms with van der Waals surface area (Å²) >= 11 is 0.